The van der Waals surface area contributed by atoms with Gasteiger partial charge in [0.1, 0.15) is 0 Å². The van der Waals surface area contributed by atoms with Crippen molar-refractivity contribution in [2.45, 2.75) is 181 Å². The van der Waals surface area contributed by atoms with E-state index in [9.17, 15) is 14.4 Å². The Hall–Kier alpha value is -3.15. The zero-order valence-electron chi connectivity index (χ0n) is 41.6. The predicted molar refractivity (Wildman–Crippen MR) is 266 cm³/mol. The van der Waals surface area contributed by atoms with Gasteiger partial charge in [0.25, 0.3) is 0 Å². The number of aryl methyl sites for hydroxylation is 3. The first-order valence-corrected chi connectivity index (χ1v) is 23.4. The summed E-state index contributed by atoms with van der Waals surface area (Å²) in [5.41, 5.74) is 14.2. The molecule has 3 aliphatic heterocycles. The molecule has 62 heavy (non-hydrogen) atoms. The lowest BCUT2D eigenvalue weighted by Gasteiger charge is -2.37. The normalized spacial score (nSPS) is 22.5. The second kappa shape index (κ2) is 19.5. The molecular formula is C52H79N3O5P2. The Bertz CT molecular complexity index is 2060. The van der Waals surface area contributed by atoms with E-state index in [1.165, 1.54) is 50.1 Å². The highest BCUT2D eigenvalue weighted by molar-refractivity contribution is 7.10. The fourth-order valence-electron chi connectivity index (χ4n) is 10.8. The molecule has 3 aromatic rings. The number of nitrogens with zero attached hydrogens (tertiary/aromatic N) is 3. The number of hydrogen-bond donors (Lipinski definition) is 0. The Kier molecular flexibility index (Phi) is 16.2. The number of hydrogen-bond acceptors (Lipinski definition) is 5. The Morgan fingerprint density at radius 2 is 0.694 bits per heavy atom. The monoisotopic (exact) mass is 888 g/mol. The molecule has 3 saturated heterocycles. The zero-order valence-corrected chi connectivity index (χ0v) is 43.9. The van der Waals surface area contributed by atoms with E-state index < -0.39 is 0 Å². The number of anilines is 3. The highest BCUT2D eigenvalue weighted by Crippen LogP contribution is 2.47. The molecular weight excluding hydrogens is 809 g/mol. The summed E-state index contributed by atoms with van der Waals surface area (Å²) in [6.07, 6.45) is 1.70. The predicted octanol–water partition coefficient (Wildman–Crippen LogP) is 12.3. The maximum Gasteiger partial charge on any atom is 0.227 e. The van der Waals surface area contributed by atoms with Crippen LogP contribution >= 0.6 is 18.9 Å². The average Bonchev–Trinajstić information content (AvgIpc) is 3.69. The minimum absolute atomic E-state index is 0.0301. The molecule has 3 heterocycles. The van der Waals surface area contributed by atoms with E-state index in [1.54, 1.807) is 0 Å². The van der Waals surface area contributed by atoms with Crippen LogP contribution in [0.5, 0.6) is 0 Å². The van der Waals surface area contributed by atoms with Gasteiger partial charge in [0.05, 0.1) is 24.3 Å². The first-order valence-electron chi connectivity index (χ1n) is 22.5. The van der Waals surface area contributed by atoms with Gasteiger partial charge in [0.2, 0.25) is 17.7 Å². The first-order chi connectivity index (χ1) is 28.6. The van der Waals surface area contributed by atoms with Gasteiger partial charge in [-0.05, 0) is 167 Å². The summed E-state index contributed by atoms with van der Waals surface area (Å²) in [6, 6.07) is 12.9. The molecule has 3 aliphatic rings. The molecule has 3 amide bonds. The van der Waals surface area contributed by atoms with E-state index in [1.807, 2.05) is 23.6 Å². The van der Waals surface area contributed by atoms with Crippen LogP contribution in [0.2, 0.25) is 0 Å². The topological polar surface area (TPSA) is 79.4 Å². The van der Waals surface area contributed by atoms with Crippen molar-refractivity contribution >= 4 is 53.7 Å². The maximum absolute atomic E-state index is 12.6. The van der Waals surface area contributed by atoms with Crippen molar-refractivity contribution < 1.29 is 23.4 Å². The fraction of sp³-hybridized carbons (Fsp3) is 0.596. The van der Waals surface area contributed by atoms with Gasteiger partial charge in [-0.1, -0.05) is 73.6 Å². The van der Waals surface area contributed by atoms with Gasteiger partial charge in [-0.3, -0.25) is 14.4 Å². The molecule has 0 aromatic heterocycles. The van der Waals surface area contributed by atoms with Crippen LogP contribution in [0.25, 0.3) is 0 Å². The highest BCUT2D eigenvalue weighted by Gasteiger charge is 2.51. The molecule has 3 fully saturated rings. The van der Waals surface area contributed by atoms with E-state index in [0.717, 1.165) is 17.1 Å². The lowest BCUT2D eigenvalue weighted by atomic mass is 9.79. The number of amides is 3. The smallest absolute Gasteiger partial charge is 0.227 e. The van der Waals surface area contributed by atoms with Crippen LogP contribution < -0.4 is 14.7 Å². The SMILES string of the molecule is Cc1ccc(N2C(=O)CC(C)(C)[C@@H]2C(C)C)c(C)c1C.Cc1ccc(N2C(=O)CC(C)(C)[C@@H]2C(C)OP)c(C)c1C.Cc1ccc(N2C(=O)CC(C)(C)[C@@H]2[C@@H](C)OP)c(C)c1C. The van der Waals surface area contributed by atoms with Crippen LogP contribution in [0.1, 0.15) is 139 Å². The lowest BCUT2D eigenvalue weighted by molar-refractivity contribution is -0.118. The lowest BCUT2D eigenvalue weighted by Crippen LogP contribution is -2.46. The molecule has 7 atom stereocenters. The zero-order chi connectivity index (χ0) is 47.1. The van der Waals surface area contributed by atoms with Gasteiger partial charge >= 0.3 is 0 Å². The average molecular weight is 888 g/mol. The highest BCUT2D eigenvalue weighted by atomic mass is 31.0. The van der Waals surface area contributed by atoms with Crippen LogP contribution in [-0.2, 0) is 23.4 Å². The minimum Gasteiger partial charge on any atom is -0.361 e. The third kappa shape index (κ3) is 10.0. The number of benzene rings is 3. The summed E-state index contributed by atoms with van der Waals surface area (Å²) in [5, 5.41) is 0. The molecule has 0 saturated carbocycles. The van der Waals surface area contributed by atoms with E-state index in [2.05, 4.69) is 178 Å². The van der Waals surface area contributed by atoms with Crippen molar-refractivity contribution in [1.29, 1.82) is 0 Å². The number of carbonyl (C=O) groups is 3. The molecule has 10 heteroatoms. The van der Waals surface area contributed by atoms with Crippen LogP contribution in [0.15, 0.2) is 36.4 Å². The van der Waals surface area contributed by atoms with Gasteiger partial charge in [0, 0.05) is 61.3 Å². The van der Waals surface area contributed by atoms with Crippen molar-refractivity contribution in [1.82, 2.24) is 0 Å². The van der Waals surface area contributed by atoms with Crippen molar-refractivity contribution in [3.8, 4) is 0 Å². The molecule has 8 nitrogen and oxygen atoms in total. The molecule has 0 N–H and O–H groups in total. The Morgan fingerprint density at radius 1 is 0.452 bits per heavy atom. The summed E-state index contributed by atoms with van der Waals surface area (Å²) in [7, 11) is 4.67. The molecule has 342 valence electrons. The molecule has 3 unspecified atom stereocenters. The van der Waals surface area contributed by atoms with Crippen LogP contribution in [-0.4, -0.2) is 48.1 Å². The van der Waals surface area contributed by atoms with Crippen LogP contribution in [0, 0.1) is 84.5 Å². The van der Waals surface area contributed by atoms with Gasteiger partial charge in [0.15, 0.2) is 0 Å². The fourth-order valence-corrected chi connectivity index (χ4v) is 11.1. The van der Waals surface area contributed by atoms with Crippen LogP contribution in [0.4, 0.5) is 17.1 Å². The van der Waals surface area contributed by atoms with E-state index in [4.69, 9.17) is 9.05 Å². The molecule has 0 bridgehead atoms. The molecule has 0 radical (unpaired) electrons. The van der Waals surface area contributed by atoms with E-state index in [0.29, 0.717) is 25.2 Å². The van der Waals surface area contributed by atoms with Crippen LogP contribution in [0.3, 0.4) is 0 Å². The maximum atomic E-state index is 12.6. The van der Waals surface area contributed by atoms with Gasteiger partial charge in [-0.15, -0.1) is 0 Å². The largest absolute Gasteiger partial charge is 0.361 e. The van der Waals surface area contributed by atoms with Crippen molar-refractivity contribution in [3.63, 3.8) is 0 Å². The van der Waals surface area contributed by atoms with E-state index in [-0.39, 0.29) is 64.3 Å². The molecule has 0 spiro atoms. The second-order valence-electron chi connectivity index (χ2n) is 21.0. The van der Waals surface area contributed by atoms with Crippen molar-refractivity contribution in [3.05, 3.63) is 86.5 Å². The third-order valence-corrected chi connectivity index (χ3v) is 15.5. The van der Waals surface area contributed by atoms with Crippen molar-refractivity contribution in [2.24, 2.45) is 22.2 Å². The number of rotatable bonds is 8. The number of carbonyl (C=O) groups excluding carboxylic acids is 3. The Balaban J connectivity index is 0.000000205. The van der Waals surface area contributed by atoms with Gasteiger partial charge < -0.3 is 23.7 Å². The summed E-state index contributed by atoms with van der Waals surface area (Å²) in [5.74, 6) is 1.09. The molecule has 6 rings (SSSR count). The summed E-state index contributed by atoms with van der Waals surface area (Å²) >= 11 is 0. The van der Waals surface area contributed by atoms with Gasteiger partial charge in [-0.25, -0.2) is 0 Å². The quantitative estimate of drug-likeness (QED) is 0.211. The van der Waals surface area contributed by atoms with Gasteiger partial charge in [-0.2, -0.15) is 0 Å². The van der Waals surface area contributed by atoms with Crippen molar-refractivity contribution in [2.75, 3.05) is 14.7 Å². The second-order valence-corrected chi connectivity index (χ2v) is 21.5. The standard InChI is InChI=1S/C18H27NO.2C17H26NO2P/c1-11(2)17-18(6,7)10-16(20)19(17)15-9-8-12(3)13(4)14(15)5;2*1-10-7-8-14(12(3)11(10)2)18-15(19)9-17(5,6)16(18)13(4)20-21/h8-9,11,17H,10H2,1-7H3;2*7-8,13,16H,9,21H2,1-6H3/t17-;13?,16-;13-,16+/m001/s1. The minimum atomic E-state index is -0.0989. The van der Waals surface area contributed by atoms with E-state index >= 15 is 0 Å². The summed E-state index contributed by atoms with van der Waals surface area (Å²) < 4.78 is 11.0. The third-order valence-electron chi connectivity index (χ3n) is 14.7. The summed E-state index contributed by atoms with van der Waals surface area (Å²) in [6.45, 7) is 40.5. The molecule has 0 aliphatic carbocycles. The Labute approximate surface area is 380 Å². The summed E-state index contributed by atoms with van der Waals surface area (Å²) in [4.78, 5) is 43.8. The molecule has 3 aromatic carbocycles. The Morgan fingerprint density at radius 3 is 0.935 bits per heavy atom. The first kappa shape index (κ1) is 51.5.